The molecule has 1 fully saturated rings. The Morgan fingerprint density at radius 1 is 1.55 bits per heavy atom. The molecule has 0 radical (unpaired) electrons. The van der Waals surface area contributed by atoms with E-state index < -0.39 is 0 Å². The number of methoxy groups -OCH3 is 1. The molecule has 1 nitrogen and oxygen atoms in total. The van der Waals surface area contributed by atoms with Gasteiger partial charge in [0.25, 0.3) is 0 Å². The highest BCUT2D eigenvalue weighted by Gasteiger charge is 2.40. The zero-order chi connectivity index (χ0) is 8.16. The minimum Gasteiger partial charge on any atom is -0.384 e. The molecular formula is C8H16OS2. The lowest BCUT2D eigenvalue weighted by Gasteiger charge is -2.09. The Morgan fingerprint density at radius 2 is 2.27 bits per heavy atom. The van der Waals surface area contributed by atoms with Gasteiger partial charge in [0.05, 0.1) is 6.61 Å². The quantitative estimate of drug-likeness (QED) is 0.509. The van der Waals surface area contributed by atoms with Crippen LogP contribution < -0.4 is 0 Å². The van der Waals surface area contributed by atoms with Gasteiger partial charge in [-0.05, 0) is 29.8 Å². The minimum atomic E-state index is 0.613. The van der Waals surface area contributed by atoms with Crippen molar-refractivity contribution in [2.24, 2.45) is 5.41 Å². The van der Waals surface area contributed by atoms with Crippen LogP contribution in [-0.2, 0) is 4.74 Å². The first-order valence-corrected chi connectivity index (χ1v) is 5.79. The molecule has 0 aromatic rings. The summed E-state index contributed by atoms with van der Waals surface area (Å²) in [5.41, 5.74) is 0.613. The van der Waals surface area contributed by atoms with Crippen molar-refractivity contribution in [1.82, 2.24) is 0 Å². The Labute approximate surface area is 78.7 Å². The maximum atomic E-state index is 4.97. The van der Waals surface area contributed by atoms with Gasteiger partial charge in [-0.2, -0.15) is 24.4 Å². The monoisotopic (exact) mass is 192 g/mol. The van der Waals surface area contributed by atoms with Crippen LogP contribution in [-0.4, -0.2) is 31.0 Å². The van der Waals surface area contributed by atoms with Crippen LogP contribution in [0.25, 0.3) is 0 Å². The SMILES string of the molecule is COCCSCC1(CS)CC1. The first-order chi connectivity index (χ1) is 5.33. The fourth-order valence-corrected chi connectivity index (χ4v) is 2.79. The Kier molecular flexibility index (Phi) is 4.10. The van der Waals surface area contributed by atoms with E-state index in [1.54, 1.807) is 7.11 Å². The third-order valence-electron chi connectivity index (χ3n) is 2.13. The summed E-state index contributed by atoms with van der Waals surface area (Å²) in [7, 11) is 1.76. The zero-order valence-corrected chi connectivity index (χ0v) is 8.72. The lowest BCUT2D eigenvalue weighted by atomic mass is 10.2. The van der Waals surface area contributed by atoms with Gasteiger partial charge in [0.1, 0.15) is 0 Å². The number of hydrogen-bond acceptors (Lipinski definition) is 3. The lowest BCUT2D eigenvalue weighted by Crippen LogP contribution is -2.07. The molecule has 0 aliphatic heterocycles. The van der Waals surface area contributed by atoms with E-state index >= 15 is 0 Å². The van der Waals surface area contributed by atoms with E-state index in [1.807, 2.05) is 11.8 Å². The van der Waals surface area contributed by atoms with Crippen molar-refractivity contribution in [2.75, 3.05) is 31.0 Å². The van der Waals surface area contributed by atoms with E-state index in [0.29, 0.717) is 5.41 Å². The van der Waals surface area contributed by atoms with Gasteiger partial charge in [0, 0.05) is 12.9 Å². The van der Waals surface area contributed by atoms with Crippen molar-refractivity contribution >= 4 is 24.4 Å². The Hall–Kier alpha value is 0.660. The summed E-state index contributed by atoms with van der Waals surface area (Å²) in [6.45, 7) is 0.882. The molecule has 1 rings (SSSR count). The largest absolute Gasteiger partial charge is 0.384 e. The highest BCUT2D eigenvalue weighted by molar-refractivity contribution is 7.99. The Morgan fingerprint density at radius 3 is 2.73 bits per heavy atom. The lowest BCUT2D eigenvalue weighted by molar-refractivity contribution is 0.218. The predicted molar refractivity (Wildman–Crippen MR) is 54.7 cm³/mol. The van der Waals surface area contributed by atoms with Gasteiger partial charge in [-0.3, -0.25) is 0 Å². The molecule has 0 atom stereocenters. The number of thioether (sulfide) groups is 1. The van der Waals surface area contributed by atoms with E-state index in [-0.39, 0.29) is 0 Å². The molecule has 0 saturated heterocycles. The Balaban J connectivity index is 1.94. The van der Waals surface area contributed by atoms with Crippen LogP contribution in [0.15, 0.2) is 0 Å². The average Bonchev–Trinajstić information content (AvgIpc) is 2.80. The van der Waals surface area contributed by atoms with Crippen molar-refractivity contribution in [1.29, 1.82) is 0 Å². The Bertz CT molecular complexity index is 113. The van der Waals surface area contributed by atoms with Gasteiger partial charge < -0.3 is 4.74 Å². The smallest absolute Gasteiger partial charge is 0.0552 e. The summed E-state index contributed by atoms with van der Waals surface area (Å²) in [6.07, 6.45) is 2.77. The molecule has 0 N–H and O–H groups in total. The number of hydrogen-bond donors (Lipinski definition) is 1. The van der Waals surface area contributed by atoms with Gasteiger partial charge in [0.2, 0.25) is 0 Å². The topological polar surface area (TPSA) is 9.23 Å². The van der Waals surface area contributed by atoms with Crippen molar-refractivity contribution in [3.05, 3.63) is 0 Å². The van der Waals surface area contributed by atoms with Gasteiger partial charge in [0.15, 0.2) is 0 Å². The summed E-state index contributed by atoms with van der Waals surface area (Å²) in [6, 6.07) is 0. The second kappa shape index (κ2) is 4.63. The normalized spacial score (nSPS) is 20.2. The van der Waals surface area contributed by atoms with E-state index in [4.69, 9.17) is 4.74 Å². The molecule has 1 saturated carbocycles. The van der Waals surface area contributed by atoms with Crippen molar-refractivity contribution < 1.29 is 4.74 Å². The van der Waals surface area contributed by atoms with Crippen LogP contribution in [0.4, 0.5) is 0 Å². The average molecular weight is 192 g/mol. The van der Waals surface area contributed by atoms with Crippen molar-refractivity contribution in [3.63, 3.8) is 0 Å². The molecular weight excluding hydrogens is 176 g/mol. The molecule has 0 aromatic carbocycles. The van der Waals surface area contributed by atoms with E-state index in [1.165, 1.54) is 18.6 Å². The third-order valence-corrected chi connectivity index (χ3v) is 4.08. The molecule has 3 heteroatoms. The van der Waals surface area contributed by atoms with Crippen LogP contribution in [0.5, 0.6) is 0 Å². The van der Waals surface area contributed by atoms with Crippen LogP contribution in [0.2, 0.25) is 0 Å². The molecule has 0 spiro atoms. The molecule has 66 valence electrons. The number of rotatable bonds is 6. The van der Waals surface area contributed by atoms with Crippen LogP contribution >= 0.6 is 24.4 Å². The molecule has 0 bridgehead atoms. The molecule has 0 aromatic heterocycles. The van der Waals surface area contributed by atoms with Crippen molar-refractivity contribution in [3.8, 4) is 0 Å². The zero-order valence-electron chi connectivity index (χ0n) is 7.01. The summed E-state index contributed by atoms with van der Waals surface area (Å²) in [5.74, 6) is 3.47. The van der Waals surface area contributed by atoms with Gasteiger partial charge in [-0.1, -0.05) is 0 Å². The minimum absolute atomic E-state index is 0.613. The summed E-state index contributed by atoms with van der Waals surface area (Å²) in [5, 5.41) is 0. The first kappa shape index (κ1) is 9.75. The maximum absolute atomic E-state index is 4.97. The maximum Gasteiger partial charge on any atom is 0.0552 e. The van der Waals surface area contributed by atoms with Crippen molar-refractivity contribution in [2.45, 2.75) is 12.8 Å². The summed E-state index contributed by atoms with van der Waals surface area (Å²) < 4.78 is 4.97. The molecule has 0 heterocycles. The number of thiol groups is 1. The van der Waals surface area contributed by atoms with E-state index in [2.05, 4.69) is 12.6 Å². The van der Waals surface area contributed by atoms with Crippen LogP contribution in [0, 0.1) is 5.41 Å². The predicted octanol–water partition coefficient (Wildman–Crippen LogP) is 2.08. The van der Waals surface area contributed by atoms with Gasteiger partial charge >= 0.3 is 0 Å². The van der Waals surface area contributed by atoms with E-state index in [9.17, 15) is 0 Å². The highest BCUT2D eigenvalue weighted by Crippen LogP contribution is 2.48. The van der Waals surface area contributed by atoms with Crippen LogP contribution in [0.1, 0.15) is 12.8 Å². The molecule has 0 unspecified atom stereocenters. The summed E-state index contributed by atoms with van der Waals surface area (Å²) >= 11 is 6.34. The fourth-order valence-electron chi connectivity index (χ4n) is 0.956. The highest BCUT2D eigenvalue weighted by atomic mass is 32.2. The molecule has 11 heavy (non-hydrogen) atoms. The second-order valence-electron chi connectivity index (χ2n) is 3.20. The van der Waals surface area contributed by atoms with E-state index in [0.717, 1.165) is 18.1 Å². The molecule has 0 amide bonds. The fraction of sp³-hybridized carbons (Fsp3) is 1.00. The second-order valence-corrected chi connectivity index (χ2v) is 4.62. The van der Waals surface area contributed by atoms with Gasteiger partial charge in [-0.15, -0.1) is 0 Å². The first-order valence-electron chi connectivity index (χ1n) is 4.00. The summed E-state index contributed by atoms with van der Waals surface area (Å²) in [4.78, 5) is 0. The molecule has 1 aliphatic rings. The van der Waals surface area contributed by atoms with Gasteiger partial charge in [-0.25, -0.2) is 0 Å². The standard InChI is InChI=1S/C8H16OS2/c1-9-4-5-11-7-8(6-10)2-3-8/h10H,2-7H2,1H3. The number of ether oxygens (including phenoxy) is 1. The van der Waals surface area contributed by atoms with Crippen LogP contribution in [0.3, 0.4) is 0 Å². The third kappa shape index (κ3) is 3.26. The molecule has 1 aliphatic carbocycles.